The van der Waals surface area contributed by atoms with Crippen molar-refractivity contribution >= 4 is 5.97 Å². The number of hydrogen-bond donors (Lipinski definition) is 2. The van der Waals surface area contributed by atoms with Crippen molar-refractivity contribution in [3.63, 3.8) is 0 Å². The number of rotatable bonds is 6. The third-order valence-corrected chi connectivity index (χ3v) is 2.75. The molecule has 0 saturated heterocycles. The number of aliphatic carboxylic acids is 1. The Labute approximate surface area is 91.3 Å². The molecule has 0 aliphatic rings. The number of nitrogens with one attached hydrogen (secondary N) is 1. The lowest BCUT2D eigenvalue weighted by molar-refractivity contribution is -0.144. The van der Waals surface area contributed by atoms with Gasteiger partial charge >= 0.3 is 5.97 Å². The average molecular weight is 212 g/mol. The normalized spacial score (nSPS) is 15.4. The zero-order valence-corrected chi connectivity index (χ0v) is 9.92. The molecule has 1 atom stereocenters. The minimum absolute atomic E-state index is 0.403. The van der Waals surface area contributed by atoms with Crippen LogP contribution in [0.2, 0.25) is 0 Å². The lowest BCUT2D eigenvalue weighted by atomic mass is 9.90. The van der Waals surface area contributed by atoms with Crippen molar-refractivity contribution in [1.82, 2.24) is 5.32 Å². The van der Waals surface area contributed by atoms with E-state index in [1.54, 1.807) is 6.92 Å². The van der Waals surface area contributed by atoms with Gasteiger partial charge in [-0.1, -0.05) is 6.92 Å². The first-order chi connectivity index (χ1) is 6.77. The number of carbonyl (C=O) groups is 1. The maximum atomic E-state index is 10.9. The monoisotopic (exact) mass is 212 g/mol. The molecule has 0 aromatic heterocycles. The summed E-state index contributed by atoms with van der Waals surface area (Å²) >= 11 is 0. The third kappa shape index (κ3) is 4.30. The van der Waals surface area contributed by atoms with E-state index in [9.17, 15) is 4.79 Å². The fourth-order valence-electron chi connectivity index (χ4n) is 1.06. The largest absolute Gasteiger partial charge is 0.480 e. The summed E-state index contributed by atoms with van der Waals surface area (Å²) in [5.74, 6) is -0.847. The highest BCUT2D eigenvalue weighted by Gasteiger charge is 2.30. The molecule has 0 radical (unpaired) electrons. The molecule has 0 saturated carbocycles. The van der Waals surface area contributed by atoms with Crippen molar-refractivity contribution in [3.8, 4) is 6.07 Å². The predicted molar refractivity (Wildman–Crippen MR) is 58.3 cm³/mol. The molecule has 1 unspecified atom stereocenters. The second-order valence-corrected chi connectivity index (χ2v) is 4.66. The van der Waals surface area contributed by atoms with Gasteiger partial charge in [0.25, 0.3) is 0 Å². The van der Waals surface area contributed by atoms with Crippen molar-refractivity contribution in [1.29, 1.82) is 5.26 Å². The van der Waals surface area contributed by atoms with Gasteiger partial charge in [0.1, 0.15) is 5.54 Å². The van der Waals surface area contributed by atoms with Crippen molar-refractivity contribution in [3.05, 3.63) is 0 Å². The van der Waals surface area contributed by atoms with Crippen LogP contribution in [0.3, 0.4) is 0 Å². The molecular formula is C11H20N2O2. The van der Waals surface area contributed by atoms with E-state index in [0.29, 0.717) is 19.4 Å². The summed E-state index contributed by atoms with van der Waals surface area (Å²) in [5, 5.41) is 20.8. The van der Waals surface area contributed by atoms with Gasteiger partial charge < -0.3 is 10.4 Å². The van der Waals surface area contributed by atoms with Gasteiger partial charge in [0.05, 0.1) is 11.5 Å². The standard InChI is InChI=1S/C11H20N2O2/c1-5-11(4,9(14)15)13-7-6-10(2,3)8-12/h13H,5-7H2,1-4H3,(H,14,15). The maximum absolute atomic E-state index is 10.9. The second kappa shape index (κ2) is 5.13. The van der Waals surface area contributed by atoms with Crippen LogP contribution in [0.25, 0.3) is 0 Å². The highest BCUT2D eigenvalue weighted by atomic mass is 16.4. The summed E-state index contributed by atoms with van der Waals surface area (Å²) in [4.78, 5) is 10.9. The molecule has 0 aromatic rings. The summed E-state index contributed by atoms with van der Waals surface area (Å²) in [5.41, 5.74) is -1.29. The van der Waals surface area contributed by atoms with E-state index in [1.807, 2.05) is 20.8 Å². The summed E-state index contributed by atoms with van der Waals surface area (Å²) in [7, 11) is 0. The Hall–Kier alpha value is -1.08. The highest BCUT2D eigenvalue weighted by Crippen LogP contribution is 2.18. The lowest BCUT2D eigenvalue weighted by Gasteiger charge is -2.26. The van der Waals surface area contributed by atoms with Crippen LogP contribution in [0, 0.1) is 16.7 Å². The van der Waals surface area contributed by atoms with Crippen LogP contribution < -0.4 is 5.32 Å². The quantitative estimate of drug-likeness (QED) is 0.703. The van der Waals surface area contributed by atoms with Gasteiger partial charge in [-0.25, -0.2) is 0 Å². The minimum atomic E-state index is -0.883. The van der Waals surface area contributed by atoms with E-state index < -0.39 is 16.9 Å². The van der Waals surface area contributed by atoms with Crippen LogP contribution in [-0.4, -0.2) is 23.2 Å². The van der Waals surface area contributed by atoms with Crippen LogP contribution in [0.5, 0.6) is 0 Å². The molecule has 0 bridgehead atoms. The molecule has 0 spiro atoms. The Morgan fingerprint density at radius 1 is 1.47 bits per heavy atom. The van der Waals surface area contributed by atoms with Crippen LogP contribution in [0.1, 0.15) is 40.5 Å². The maximum Gasteiger partial charge on any atom is 0.323 e. The van der Waals surface area contributed by atoms with Gasteiger partial charge in [0.2, 0.25) is 0 Å². The summed E-state index contributed by atoms with van der Waals surface area (Å²) < 4.78 is 0. The Balaban J connectivity index is 4.17. The van der Waals surface area contributed by atoms with Gasteiger partial charge in [-0.2, -0.15) is 5.26 Å². The third-order valence-electron chi connectivity index (χ3n) is 2.75. The Bertz CT molecular complexity index is 268. The molecule has 0 aliphatic heterocycles. The van der Waals surface area contributed by atoms with Gasteiger partial charge in [-0.3, -0.25) is 4.79 Å². The van der Waals surface area contributed by atoms with Gasteiger partial charge in [0.15, 0.2) is 0 Å². The topological polar surface area (TPSA) is 73.1 Å². The number of nitriles is 1. The van der Waals surface area contributed by atoms with Gasteiger partial charge in [0, 0.05) is 0 Å². The molecule has 4 heteroatoms. The first-order valence-corrected chi connectivity index (χ1v) is 5.17. The molecule has 0 heterocycles. The van der Waals surface area contributed by atoms with Crippen molar-refractivity contribution in [2.24, 2.45) is 5.41 Å². The first kappa shape index (κ1) is 13.9. The van der Waals surface area contributed by atoms with Crippen LogP contribution in [-0.2, 0) is 4.79 Å². The van der Waals surface area contributed by atoms with Gasteiger partial charge in [-0.05, 0) is 40.2 Å². The SMILES string of the molecule is CCC(C)(NCCC(C)(C)C#N)C(=O)O. The molecule has 2 N–H and O–H groups in total. The Kier molecular flexibility index (Phi) is 4.76. The van der Waals surface area contributed by atoms with Crippen LogP contribution >= 0.6 is 0 Å². The molecule has 0 rings (SSSR count). The summed E-state index contributed by atoms with van der Waals surface area (Å²) in [6.45, 7) is 7.72. The molecular weight excluding hydrogens is 192 g/mol. The van der Waals surface area contributed by atoms with E-state index in [0.717, 1.165) is 0 Å². The minimum Gasteiger partial charge on any atom is -0.480 e. The predicted octanol–water partition coefficient (Wildman–Crippen LogP) is 1.77. The fraction of sp³-hybridized carbons (Fsp3) is 0.818. The van der Waals surface area contributed by atoms with E-state index in [4.69, 9.17) is 10.4 Å². The number of carboxylic acid groups (broad SMARTS) is 1. The molecule has 0 fully saturated rings. The van der Waals surface area contributed by atoms with E-state index in [2.05, 4.69) is 11.4 Å². The highest BCUT2D eigenvalue weighted by molar-refractivity contribution is 5.78. The fourth-order valence-corrected chi connectivity index (χ4v) is 1.06. The van der Waals surface area contributed by atoms with E-state index in [-0.39, 0.29) is 0 Å². The Morgan fingerprint density at radius 3 is 2.33 bits per heavy atom. The van der Waals surface area contributed by atoms with Crippen molar-refractivity contribution < 1.29 is 9.90 Å². The van der Waals surface area contributed by atoms with E-state index >= 15 is 0 Å². The number of hydrogen-bond acceptors (Lipinski definition) is 3. The van der Waals surface area contributed by atoms with Crippen LogP contribution in [0.4, 0.5) is 0 Å². The molecule has 0 aromatic carbocycles. The average Bonchev–Trinajstić information content (AvgIpc) is 2.17. The second-order valence-electron chi connectivity index (χ2n) is 4.66. The van der Waals surface area contributed by atoms with Crippen molar-refractivity contribution in [2.75, 3.05) is 6.54 Å². The molecule has 15 heavy (non-hydrogen) atoms. The van der Waals surface area contributed by atoms with E-state index in [1.165, 1.54) is 0 Å². The summed E-state index contributed by atoms with van der Waals surface area (Å²) in [6, 6.07) is 2.19. The molecule has 4 nitrogen and oxygen atoms in total. The van der Waals surface area contributed by atoms with Crippen molar-refractivity contribution in [2.45, 2.75) is 46.1 Å². The number of nitrogens with zero attached hydrogens (tertiary/aromatic N) is 1. The smallest absolute Gasteiger partial charge is 0.323 e. The zero-order valence-electron chi connectivity index (χ0n) is 9.92. The van der Waals surface area contributed by atoms with Gasteiger partial charge in [-0.15, -0.1) is 0 Å². The molecule has 0 aliphatic carbocycles. The van der Waals surface area contributed by atoms with Crippen LogP contribution in [0.15, 0.2) is 0 Å². The zero-order chi connectivity index (χ0) is 12.1. The number of carboxylic acids is 1. The lowest BCUT2D eigenvalue weighted by Crippen LogP contribution is -2.49. The first-order valence-electron chi connectivity index (χ1n) is 5.17. The Morgan fingerprint density at radius 2 is 2.00 bits per heavy atom. The molecule has 86 valence electrons. The molecule has 0 amide bonds. The summed E-state index contributed by atoms with van der Waals surface area (Å²) in [6.07, 6.45) is 1.17.